The van der Waals surface area contributed by atoms with Crippen molar-refractivity contribution in [3.63, 3.8) is 0 Å². The van der Waals surface area contributed by atoms with Gasteiger partial charge in [-0.2, -0.15) is 0 Å². The molecule has 2 nitrogen and oxygen atoms in total. The van der Waals surface area contributed by atoms with Crippen LogP contribution in [0.25, 0.3) is 0 Å². The Morgan fingerprint density at radius 3 is 3.00 bits per heavy atom. The van der Waals surface area contributed by atoms with Crippen molar-refractivity contribution in [2.45, 2.75) is 45.2 Å². The largest absolute Gasteiger partial charge is 0.382 e. The van der Waals surface area contributed by atoms with Gasteiger partial charge in [-0.3, -0.25) is 0 Å². The second kappa shape index (κ2) is 5.50. The number of benzene rings is 1. The van der Waals surface area contributed by atoms with E-state index in [1.54, 1.807) is 6.07 Å². The molecule has 17 heavy (non-hydrogen) atoms. The van der Waals surface area contributed by atoms with Gasteiger partial charge in [-0.05, 0) is 63.4 Å². The van der Waals surface area contributed by atoms with Crippen LogP contribution in [0.1, 0.15) is 31.7 Å². The molecule has 0 amide bonds. The van der Waals surface area contributed by atoms with Gasteiger partial charge in [0, 0.05) is 17.8 Å². The molecule has 1 fully saturated rings. The highest BCUT2D eigenvalue weighted by Crippen LogP contribution is 2.19. The van der Waals surface area contributed by atoms with E-state index in [1.165, 1.54) is 18.9 Å². The third-order valence-corrected chi connectivity index (χ3v) is 3.39. The molecule has 1 aliphatic rings. The average Bonchev–Trinajstić information content (AvgIpc) is 2.75. The summed E-state index contributed by atoms with van der Waals surface area (Å²) in [6.45, 7) is 5.27. The van der Waals surface area contributed by atoms with Gasteiger partial charge in [-0.1, -0.05) is 0 Å². The average molecular weight is 236 g/mol. The van der Waals surface area contributed by atoms with Gasteiger partial charge < -0.3 is 10.6 Å². The molecule has 1 aromatic rings. The van der Waals surface area contributed by atoms with Crippen LogP contribution >= 0.6 is 0 Å². The van der Waals surface area contributed by atoms with E-state index in [4.69, 9.17) is 0 Å². The quantitative estimate of drug-likeness (QED) is 0.839. The van der Waals surface area contributed by atoms with Gasteiger partial charge in [0.05, 0.1) is 0 Å². The number of hydrogen-bond acceptors (Lipinski definition) is 2. The van der Waals surface area contributed by atoms with Gasteiger partial charge in [0.1, 0.15) is 5.82 Å². The molecule has 0 bridgehead atoms. The lowest BCUT2D eigenvalue weighted by Crippen LogP contribution is -2.29. The second-order valence-electron chi connectivity index (χ2n) is 5.03. The molecule has 94 valence electrons. The van der Waals surface area contributed by atoms with Crippen molar-refractivity contribution in [1.82, 2.24) is 5.32 Å². The first-order chi connectivity index (χ1) is 8.15. The van der Waals surface area contributed by atoms with Crippen LogP contribution in [0.4, 0.5) is 10.1 Å². The number of nitrogens with one attached hydrogen (secondary N) is 2. The molecular formula is C14H21FN2. The monoisotopic (exact) mass is 236 g/mol. The van der Waals surface area contributed by atoms with Crippen LogP contribution in [0.5, 0.6) is 0 Å². The highest BCUT2D eigenvalue weighted by atomic mass is 19.1. The van der Waals surface area contributed by atoms with Gasteiger partial charge >= 0.3 is 0 Å². The van der Waals surface area contributed by atoms with Crippen LogP contribution in [-0.2, 0) is 0 Å². The lowest BCUT2D eigenvalue weighted by molar-refractivity contribution is 0.523. The minimum atomic E-state index is -0.168. The maximum Gasteiger partial charge on any atom is 0.123 e. The van der Waals surface area contributed by atoms with Gasteiger partial charge in [0.15, 0.2) is 0 Å². The minimum absolute atomic E-state index is 0.168. The topological polar surface area (TPSA) is 24.1 Å². The van der Waals surface area contributed by atoms with Crippen molar-refractivity contribution in [3.05, 3.63) is 29.6 Å². The lowest BCUT2D eigenvalue weighted by atomic mass is 10.1. The maximum absolute atomic E-state index is 13.0. The first kappa shape index (κ1) is 12.4. The molecule has 0 spiro atoms. The van der Waals surface area contributed by atoms with Crippen molar-refractivity contribution in [2.24, 2.45) is 0 Å². The Hall–Kier alpha value is -1.09. The number of aryl methyl sites for hydroxylation is 1. The highest BCUT2D eigenvalue weighted by molar-refractivity contribution is 5.51. The lowest BCUT2D eigenvalue weighted by Gasteiger charge is -2.20. The zero-order chi connectivity index (χ0) is 12.3. The molecule has 2 N–H and O–H groups in total. The van der Waals surface area contributed by atoms with Crippen molar-refractivity contribution in [3.8, 4) is 0 Å². The smallest absolute Gasteiger partial charge is 0.123 e. The Kier molecular flexibility index (Phi) is 4.00. The summed E-state index contributed by atoms with van der Waals surface area (Å²) >= 11 is 0. The van der Waals surface area contributed by atoms with E-state index in [0.717, 1.165) is 24.2 Å². The fourth-order valence-corrected chi connectivity index (χ4v) is 2.50. The molecule has 0 radical (unpaired) electrons. The van der Waals surface area contributed by atoms with Crippen LogP contribution < -0.4 is 10.6 Å². The minimum Gasteiger partial charge on any atom is -0.382 e. The maximum atomic E-state index is 13.0. The molecule has 0 aromatic heterocycles. The predicted molar refractivity (Wildman–Crippen MR) is 69.9 cm³/mol. The molecule has 1 saturated heterocycles. The van der Waals surface area contributed by atoms with Crippen LogP contribution in [0.15, 0.2) is 18.2 Å². The Morgan fingerprint density at radius 2 is 2.35 bits per heavy atom. The third-order valence-electron chi connectivity index (χ3n) is 3.39. The molecule has 3 heteroatoms. The van der Waals surface area contributed by atoms with Crippen LogP contribution in [0, 0.1) is 12.7 Å². The Labute approximate surface area is 103 Å². The van der Waals surface area contributed by atoms with Crippen LogP contribution in [0.2, 0.25) is 0 Å². The normalized spacial score (nSPS) is 21.5. The molecule has 2 rings (SSSR count). The zero-order valence-corrected chi connectivity index (χ0v) is 10.6. The molecule has 2 unspecified atom stereocenters. The van der Waals surface area contributed by atoms with E-state index < -0.39 is 0 Å². The number of halogens is 1. The molecule has 2 atom stereocenters. The second-order valence-corrected chi connectivity index (χ2v) is 5.03. The summed E-state index contributed by atoms with van der Waals surface area (Å²) in [5, 5.41) is 6.95. The van der Waals surface area contributed by atoms with Crippen LogP contribution in [-0.4, -0.2) is 18.6 Å². The summed E-state index contributed by atoms with van der Waals surface area (Å²) in [5.41, 5.74) is 2.01. The fourth-order valence-electron chi connectivity index (χ4n) is 2.50. The number of rotatable bonds is 4. The third kappa shape index (κ3) is 3.43. The molecule has 1 aliphatic heterocycles. The van der Waals surface area contributed by atoms with Crippen molar-refractivity contribution in [1.29, 1.82) is 0 Å². The SMILES string of the molecule is Cc1cc(F)ccc1NC(C)CC1CCCN1. The summed E-state index contributed by atoms with van der Waals surface area (Å²) in [4.78, 5) is 0. The van der Waals surface area contributed by atoms with E-state index in [-0.39, 0.29) is 5.82 Å². The van der Waals surface area contributed by atoms with E-state index >= 15 is 0 Å². The highest BCUT2D eigenvalue weighted by Gasteiger charge is 2.17. The van der Waals surface area contributed by atoms with Crippen molar-refractivity contribution in [2.75, 3.05) is 11.9 Å². The first-order valence-corrected chi connectivity index (χ1v) is 6.41. The Morgan fingerprint density at radius 1 is 1.53 bits per heavy atom. The molecule has 0 aliphatic carbocycles. The number of anilines is 1. The summed E-state index contributed by atoms with van der Waals surface area (Å²) < 4.78 is 13.0. The predicted octanol–water partition coefficient (Wildman–Crippen LogP) is 3.08. The standard InChI is InChI=1S/C14H21FN2/c1-10-8-12(15)5-6-14(10)17-11(2)9-13-4-3-7-16-13/h5-6,8,11,13,16-17H,3-4,7,9H2,1-2H3. The molecule has 1 aromatic carbocycles. The molecule has 1 heterocycles. The molecule has 0 saturated carbocycles. The van der Waals surface area contributed by atoms with Gasteiger partial charge in [-0.15, -0.1) is 0 Å². The van der Waals surface area contributed by atoms with Crippen molar-refractivity contribution >= 4 is 5.69 Å². The zero-order valence-electron chi connectivity index (χ0n) is 10.6. The first-order valence-electron chi connectivity index (χ1n) is 6.41. The van der Waals surface area contributed by atoms with E-state index in [0.29, 0.717) is 12.1 Å². The van der Waals surface area contributed by atoms with Crippen molar-refractivity contribution < 1.29 is 4.39 Å². The number of hydrogen-bond donors (Lipinski definition) is 2. The fraction of sp³-hybridized carbons (Fsp3) is 0.571. The molecular weight excluding hydrogens is 215 g/mol. The summed E-state index contributed by atoms with van der Waals surface area (Å²) in [5.74, 6) is -0.168. The van der Waals surface area contributed by atoms with Gasteiger partial charge in [0.25, 0.3) is 0 Å². The van der Waals surface area contributed by atoms with Crippen LogP contribution in [0.3, 0.4) is 0 Å². The summed E-state index contributed by atoms with van der Waals surface area (Å²) in [6, 6.07) is 5.95. The van der Waals surface area contributed by atoms with Gasteiger partial charge in [-0.25, -0.2) is 4.39 Å². The summed E-state index contributed by atoms with van der Waals surface area (Å²) in [6.07, 6.45) is 3.68. The Balaban J connectivity index is 1.90. The van der Waals surface area contributed by atoms with Gasteiger partial charge in [0.2, 0.25) is 0 Å². The van der Waals surface area contributed by atoms with E-state index in [9.17, 15) is 4.39 Å². The van der Waals surface area contributed by atoms with E-state index in [1.807, 2.05) is 13.0 Å². The Bertz CT molecular complexity index is 372. The van der Waals surface area contributed by atoms with E-state index in [2.05, 4.69) is 17.6 Å². The summed E-state index contributed by atoms with van der Waals surface area (Å²) in [7, 11) is 0.